The van der Waals surface area contributed by atoms with E-state index in [9.17, 15) is 14.7 Å². The molecule has 2 atom stereocenters. The van der Waals surface area contributed by atoms with E-state index in [-0.39, 0.29) is 12.5 Å². The van der Waals surface area contributed by atoms with Crippen molar-refractivity contribution in [2.75, 3.05) is 6.61 Å². The van der Waals surface area contributed by atoms with E-state index in [1.807, 2.05) is 32.9 Å². The van der Waals surface area contributed by atoms with Crippen LogP contribution in [0.1, 0.15) is 40.5 Å². The molecule has 0 aliphatic heterocycles. The Balaban J connectivity index is 0.00000352. The molecule has 0 aromatic carbocycles. The summed E-state index contributed by atoms with van der Waals surface area (Å²) in [6.07, 6.45) is 14.0. The van der Waals surface area contributed by atoms with E-state index in [2.05, 4.69) is 36.8 Å². The van der Waals surface area contributed by atoms with Crippen LogP contribution in [0, 0.1) is 5.92 Å². The van der Waals surface area contributed by atoms with Gasteiger partial charge in [-0.1, -0.05) is 88.5 Å². The molecule has 2 unspecified atom stereocenters. The highest BCUT2D eigenvalue weighted by Crippen LogP contribution is 2.16. The molecule has 0 radical (unpaired) electrons. The maximum atomic E-state index is 12.1. The lowest BCUT2D eigenvalue weighted by atomic mass is 10.1. The Hall–Kier alpha value is -2.66. The lowest BCUT2D eigenvalue weighted by Crippen LogP contribution is -2.45. The highest BCUT2D eigenvalue weighted by molar-refractivity contribution is 6.35. The van der Waals surface area contributed by atoms with Crippen molar-refractivity contribution in [2.45, 2.75) is 46.6 Å². The van der Waals surface area contributed by atoms with Crippen LogP contribution in [-0.4, -0.2) is 29.6 Å². The first kappa shape index (κ1) is 25.3. The quantitative estimate of drug-likeness (QED) is 0.439. The first-order valence-corrected chi connectivity index (χ1v) is 9.69. The summed E-state index contributed by atoms with van der Waals surface area (Å²) in [5.74, 6) is -1.40. The molecule has 1 aliphatic carbocycles. The summed E-state index contributed by atoms with van der Waals surface area (Å²) in [6.45, 7) is 15.2. The van der Waals surface area contributed by atoms with Crippen LogP contribution in [0.15, 0.2) is 72.5 Å². The van der Waals surface area contributed by atoms with Crippen molar-refractivity contribution in [1.29, 1.82) is 0 Å². The van der Waals surface area contributed by atoms with Gasteiger partial charge in [0.2, 0.25) is 0 Å². The number of hydrogen-bond acceptors (Lipinski definition) is 3. The fourth-order valence-electron chi connectivity index (χ4n) is 2.48. The highest BCUT2D eigenvalue weighted by Gasteiger charge is 2.19. The number of allylic oxidation sites excluding steroid dienone is 8. The molecule has 0 bridgehead atoms. The molecule has 0 aromatic heterocycles. The molecule has 5 heteroatoms. The van der Waals surface area contributed by atoms with Gasteiger partial charge < -0.3 is 15.7 Å². The van der Waals surface area contributed by atoms with E-state index in [1.165, 1.54) is 5.57 Å². The highest BCUT2D eigenvalue weighted by atomic mass is 16.3. The second-order valence-corrected chi connectivity index (χ2v) is 6.17. The molecule has 5 nitrogen and oxygen atoms in total. The van der Waals surface area contributed by atoms with Gasteiger partial charge in [0.25, 0.3) is 0 Å². The molecule has 154 valence electrons. The number of aliphatic hydroxyl groups excluding tert-OH is 1. The third-order valence-corrected chi connectivity index (χ3v) is 3.80. The summed E-state index contributed by atoms with van der Waals surface area (Å²) < 4.78 is 0. The Kier molecular flexibility index (Phi) is 13.0. The molecule has 28 heavy (non-hydrogen) atoms. The van der Waals surface area contributed by atoms with E-state index < -0.39 is 17.9 Å². The molecule has 0 aromatic rings. The Bertz CT molecular complexity index is 669. The van der Waals surface area contributed by atoms with E-state index in [4.69, 9.17) is 0 Å². The van der Waals surface area contributed by atoms with Crippen molar-refractivity contribution < 1.29 is 14.7 Å². The van der Waals surface area contributed by atoms with Gasteiger partial charge in [0.15, 0.2) is 0 Å². The summed E-state index contributed by atoms with van der Waals surface area (Å²) in [5.41, 5.74) is 2.47. The minimum Gasteiger partial charge on any atom is -0.394 e. The van der Waals surface area contributed by atoms with Gasteiger partial charge in [-0.2, -0.15) is 0 Å². The Morgan fingerprint density at radius 3 is 2.50 bits per heavy atom. The van der Waals surface area contributed by atoms with E-state index in [0.29, 0.717) is 17.7 Å². The molecule has 2 amide bonds. The monoisotopic (exact) mass is 386 g/mol. The fourth-order valence-corrected chi connectivity index (χ4v) is 2.48. The summed E-state index contributed by atoms with van der Waals surface area (Å²) in [6, 6.07) is -0.582. The van der Waals surface area contributed by atoms with Crippen LogP contribution in [0.5, 0.6) is 0 Å². The molecule has 0 spiro atoms. The summed E-state index contributed by atoms with van der Waals surface area (Å²) in [4.78, 5) is 24.3. The summed E-state index contributed by atoms with van der Waals surface area (Å²) in [5, 5.41) is 14.6. The molecule has 1 aliphatic rings. The predicted molar refractivity (Wildman–Crippen MR) is 116 cm³/mol. The van der Waals surface area contributed by atoms with Gasteiger partial charge in [0.05, 0.1) is 12.6 Å². The van der Waals surface area contributed by atoms with E-state index >= 15 is 0 Å². The second-order valence-electron chi connectivity index (χ2n) is 6.17. The van der Waals surface area contributed by atoms with Gasteiger partial charge in [0, 0.05) is 5.70 Å². The second kappa shape index (κ2) is 14.4. The van der Waals surface area contributed by atoms with Crippen molar-refractivity contribution in [2.24, 2.45) is 5.92 Å². The molecule has 0 fully saturated rings. The Morgan fingerprint density at radius 1 is 1.25 bits per heavy atom. The number of amides is 2. The standard InChI is InChI=1S/C21H28N2O3.C2H6/c1-5-7-8-15(3)12-19(14-24)23-21(26)20(25)22-18-10-9-17(6-2)11-16(4)13-18;1-2/h5,7-11,13,16,19,24H,1,3,6,12,14H2,2,4H3,(H,22,25)(H,23,26);1-2H3/b8-7-;. The fraction of sp³-hybridized carbons (Fsp3) is 0.391. The largest absolute Gasteiger partial charge is 0.394 e. The van der Waals surface area contributed by atoms with Gasteiger partial charge in [0.1, 0.15) is 0 Å². The molecule has 0 saturated carbocycles. The minimum absolute atomic E-state index is 0.156. The van der Waals surface area contributed by atoms with Gasteiger partial charge in [-0.3, -0.25) is 9.59 Å². The number of aliphatic hydroxyl groups is 1. The normalized spacial score (nSPS) is 16.7. The topological polar surface area (TPSA) is 78.4 Å². The maximum Gasteiger partial charge on any atom is 0.313 e. The van der Waals surface area contributed by atoms with Gasteiger partial charge >= 0.3 is 11.8 Å². The number of carbonyl (C=O) groups excluding carboxylic acids is 2. The van der Waals surface area contributed by atoms with Crippen LogP contribution >= 0.6 is 0 Å². The van der Waals surface area contributed by atoms with Crippen LogP contribution in [0.4, 0.5) is 0 Å². The molecule has 0 saturated heterocycles. The molecular weight excluding hydrogens is 352 g/mol. The van der Waals surface area contributed by atoms with E-state index in [1.54, 1.807) is 24.3 Å². The predicted octanol–water partition coefficient (Wildman–Crippen LogP) is 3.72. The third kappa shape index (κ3) is 9.88. The maximum absolute atomic E-state index is 12.1. The van der Waals surface area contributed by atoms with Crippen LogP contribution in [-0.2, 0) is 9.59 Å². The summed E-state index contributed by atoms with van der Waals surface area (Å²) >= 11 is 0. The minimum atomic E-state index is -0.792. The van der Waals surface area contributed by atoms with Crippen molar-refractivity contribution in [3.05, 3.63) is 72.5 Å². The van der Waals surface area contributed by atoms with Crippen molar-refractivity contribution >= 4 is 11.8 Å². The van der Waals surface area contributed by atoms with Gasteiger partial charge in [-0.05, 0) is 24.8 Å². The summed E-state index contributed by atoms with van der Waals surface area (Å²) in [7, 11) is 0. The van der Waals surface area contributed by atoms with Gasteiger partial charge in [-0.15, -0.1) is 0 Å². The van der Waals surface area contributed by atoms with E-state index in [0.717, 1.165) is 6.42 Å². The number of nitrogens with one attached hydrogen (secondary N) is 2. The number of hydrogen-bond donors (Lipinski definition) is 3. The SMILES string of the molecule is C=C/C=C\C(=C)CC(CO)NC(=O)C(=O)NC1=CC(C)C=C(CC)C=C1.CC. The molecule has 1 rings (SSSR count). The Morgan fingerprint density at radius 2 is 1.93 bits per heavy atom. The van der Waals surface area contributed by atoms with Gasteiger partial charge in [-0.25, -0.2) is 0 Å². The van der Waals surface area contributed by atoms with Crippen LogP contribution in [0.25, 0.3) is 0 Å². The smallest absolute Gasteiger partial charge is 0.313 e. The first-order chi connectivity index (χ1) is 13.4. The average molecular weight is 387 g/mol. The van der Waals surface area contributed by atoms with Crippen molar-refractivity contribution in [3.8, 4) is 0 Å². The lowest BCUT2D eigenvalue weighted by molar-refractivity contribution is -0.139. The first-order valence-electron chi connectivity index (χ1n) is 9.69. The zero-order chi connectivity index (χ0) is 21.5. The van der Waals surface area contributed by atoms with Crippen LogP contribution in [0.2, 0.25) is 0 Å². The molecular formula is C23H34N2O3. The molecule has 3 N–H and O–H groups in total. The van der Waals surface area contributed by atoms with Crippen molar-refractivity contribution in [1.82, 2.24) is 10.6 Å². The Labute approximate surface area is 169 Å². The number of rotatable bonds is 8. The lowest BCUT2D eigenvalue weighted by Gasteiger charge is -2.16. The van der Waals surface area contributed by atoms with Crippen LogP contribution in [0.3, 0.4) is 0 Å². The zero-order valence-electron chi connectivity index (χ0n) is 17.5. The van der Waals surface area contributed by atoms with Crippen LogP contribution < -0.4 is 10.6 Å². The third-order valence-electron chi connectivity index (χ3n) is 3.80. The number of carbonyl (C=O) groups is 2. The average Bonchev–Trinajstić information content (AvgIpc) is 2.87. The molecule has 0 heterocycles. The van der Waals surface area contributed by atoms with Crippen molar-refractivity contribution in [3.63, 3.8) is 0 Å². The zero-order valence-corrected chi connectivity index (χ0v) is 17.5.